The first kappa shape index (κ1) is 27.3. The molecule has 2 heteroatoms. The van der Waals surface area contributed by atoms with Crippen LogP contribution in [0, 0.1) is 0 Å². The van der Waals surface area contributed by atoms with Crippen LogP contribution in [0.2, 0.25) is 0 Å². The predicted molar refractivity (Wildman–Crippen MR) is 224 cm³/mol. The summed E-state index contributed by atoms with van der Waals surface area (Å²) in [5.74, 6) is 0. The third-order valence-corrected chi connectivity index (χ3v) is 16.5. The van der Waals surface area contributed by atoms with Gasteiger partial charge < -0.3 is 0 Å². The van der Waals surface area contributed by atoms with E-state index in [1.165, 1.54) is 113 Å². The van der Waals surface area contributed by atoms with E-state index in [-0.39, 0.29) is 0 Å². The van der Waals surface area contributed by atoms with E-state index in [9.17, 15) is 0 Å². The molecule has 0 saturated carbocycles. The lowest BCUT2D eigenvalue weighted by molar-refractivity contribution is 1.79. The van der Waals surface area contributed by atoms with Crippen LogP contribution in [0.4, 0.5) is 0 Å². The summed E-state index contributed by atoms with van der Waals surface area (Å²) >= 11 is 7.49. The second-order valence-corrected chi connectivity index (χ2v) is 18.2. The Hall–Kier alpha value is -5.59. The van der Waals surface area contributed by atoms with Crippen LogP contribution in [0.25, 0.3) is 97.0 Å². The molecule has 0 aliphatic rings. The van der Waals surface area contributed by atoms with E-state index in [4.69, 9.17) is 11.8 Å². The monoisotopic (exact) mass is 666 g/mol. The topological polar surface area (TPSA) is 0 Å². The Labute approximate surface area is 293 Å². The van der Waals surface area contributed by atoms with Gasteiger partial charge in [-0.3, -0.25) is 0 Å². The summed E-state index contributed by atoms with van der Waals surface area (Å²) in [5.41, 5.74) is 0. The summed E-state index contributed by atoms with van der Waals surface area (Å²) in [4.78, 5) is 0. The fourth-order valence-corrected chi connectivity index (χ4v) is 14.0. The highest BCUT2D eigenvalue weighted by Crippen LogP contribution is 2.52. The van der Waals surface area contributed by atoms with Gasteiger partial charge in [0, 0.05) is 22.0 Å². The van der Waals surface area contributed by atoms with Crippen molar-refractivity contribution in [2.45, 2.75) is 0 Å². The van der Waals surface area contributed by atoms with Gasteiger partial charge in [0.1, 0.15) is 0 Å². The molecule has 0 fully saturated rings. The maximum Gasteiger partial charge on any atom is 0.0397 e. The van der Waals surface area contributed by atoms with Gasteiger partial charge in [0.15, 0.2) is 0 Å². The zero-order valence-electron chi connectivity index (χ0n) is 26.9. The second-order valence-electron chi connectivity index (χ2n) is 13.9. The molecule has 12 aromatic rings. The molecular formula is C48H27PS. The lowest BCUT2D eigenvalue weighted by atomic mass is 9.94. The molecule has 0 nitrogen and oxygen atoms in total. The minimum atomic E-state index is -2.72. The summed E-state index contributed by atoms with van der Waals surface area (Å²) in [7, 11) is 0. The lowest BCUT2D eigenvalue weighted by Gasteiger charge is -2.30. The Bertz CT molecular complexity index is 3000. The first-order chi connectivity index (χ1) is 24.7. The van der Waals surface area contributed by atoms with Crippen molar-refractivity contribution in [1.29, 1.82) is 0 Å². The molecule has 0 N–H and O–H groups in total. The standard InChI is InChI=1S/C48H27PS/c50-49(40-25-19-34-13-10-28-4-1-7-31-16-22-37(40)46(34)43(28)31,41-26-20-35-14-11-29-5-2-8-32-17-23-38(41)47(35)44(29)32)42-27-21-36-15-12-30-6-3-9-33-18-24-39(42)48(36)45(30)33/h1-27H. The Morgan fingerprint density at radius 2 is 0.460 bits per heavy atom. The summed E-state index contributed by atoms with van der Waals surface area (Å²) < 4.78 is 0. The molecule has 0 aliphatic carbocycles. The van der Waals surface area contributed by atoms with Gasteiger partial charge in [0.25, 0.3) is 0 Å². The van der Waals surface area contributed by atoms with Crippen LogP contribution in [0.5, 0.6) is 0 Å². The van der Waals surface area contributed by atoms with E-state index in [1.807, 2.05) is 0 Å². The van der Waals surface area contributed by atoms with E-state index in [0.717, 1.165) is 0 Å². The largest absolute Gasteiger partial charge is 0.0825 e. The van der Waals surface area contributed by atoms with Crippen molar-refractivity contribution in [2.75, 3.05) is 0 Å². The zero-order valence-corrected chi connectivity index (χ0v) is 28.7. The molecular weight excluding hydrogens is 640 g/mol. The normalized spacial score (nSPS) is 12.9. The van der Waals surface area contributed by atoms with Crippen molar-refractivity contribution in [2.24, 2.45) is 0 Å². The van der Waals surface area contributed by atoms with Crippen LogP contribution >= 0.6 is 6.04 Å². The number of hydrogen-bond donors (Lipinski definition) is 0. The van der Waals surface area contributed by atoms with Gasteiger partial charge in [-0.1, -0.05) is 176 Å². The molecule has 12 rings (SSSR count). The van der Waals surface area contributed by atoms with Crippen LogP contribution in [-0.2, 0) is 11.8 Å². The molecule has 50 heavy (non-hydrogen) atoms. The van der Waals surface area contributed by atoms with Gasteiger partial charge in [-0.05, 0) is 97.0 Å². The summed E-state index contributed by atoms with van der Waals surface area (Å²) in [5, 5.41) is 27.0. The average molecular weight is 667 g/mol. The van der Waals surface area contributed by atoms with E-state index < -0.39 is 6.04 Å². The summed E-state index contributed by atoms with van der Waals surface area (Å²) in [6.45, 7) is 0. The van der Waals surface area contributed by atoms with Crippen molar-refractivity contribution in [3.8, 4) is 0 Å². The van der Waals surface area contributed by atoms with Crippen LogP contribution in [-0.4, -0.2) is 0 Å². The molecule has 12 aromatic carbocycles. The molecule has 0 radical (unpaired) electrons. The Morgan fingerprint density at radius 1 is 0.240 bits per heavy atom. The van der Waals surface area contributed by atoms with Crippen molar-refractivity contribution < 1.29 is 0 Å². The minimum absolute atomic E-state index is 1.26. The fourth-order valence-electron chi connectivity index (χ4n) is 9.37. The van der Waals surface area contributed by atoms with Gasteiger partial charge in [0.2, 0.25) is 0 Å². The molecule has 0 unspecified atom stereocenters. The van der Waals surface area contributed by atoms with Crippen molar-refractivity contribution in [3.63, 3.8) is 0 Å². The predicted octanol–water partition coefficient (Wildman–Crippen LogP) is 12.1. The van der Waals surface area contributed by atoms with Crippen LogP contribution in [0.3, 0.4) is 0 Å². The van der Waals surface area contributed by atoms with Crippen LogP contribution in [0.1, 0.15) is 0 Å². The van der Waals surface area contributed by atoms with Crippen molar-refractivity contribution in [3.05, 3.63) is 164 Å². The molecule has 0 spiro atoms. The van der Waals surface area contributed by atoms with E-state index in [0.29, 0.717) is 0 Å². The Balaban J connectivity index is 1.30. The highest BCUT2D eigenvalue weighted by atomic mass is 32.4. The lowest BCUT2D eigenvalue weighted by Crippen LogP contribution is -2.27. The maximum atomic E-state index is 7.49. The van der Waals surface area contributed by atoms with Gasteiger partial charge in [-0.25, -0.2) is 0 Å². The zero-order chi connectivity index (χ0) is 32.7. The van der Waals surface area contributed by atoms with E-state index >= 15 is 0 Å². The molecule has 0 aliphatic heterocycles. The minimum Gasteiger partial charge on any atom is -0.0825 e. The van der Waals surface area contributed by atoms with Crippen molar-refractivity contribution >= 4 is 131 Å². The number of hydrogen-bond acceptors (Lipinski definition) is 1. The first-order valence-electron chi connectivity index (χ1n) is 17.3. The number of rotatable bonds is 3. The van der Waals surface area contributed by atoms with Crippen LogP contribution < -0.4 is 15.9 Å². The van der Waals surface area contributed by atoms with Gasteiger partial charge >= 0.3 is 0 Å². The third-order valence-electron chi connectivity index (χ3n) is 11.5. The third kappa shape index (κ3) is 3.35. The molecule has 0 atom stereocenters. The van der Waals surface area contributed by atoms with E-state index in [1.54, 1.807) is 0 Å². The molecule has 0 saturated heterocycles. The van der Waals surface area contributed by atoms with Gasteiger partial charge in [0.05, 0.1) is 0 Å². The summed E-state index contributed by atoms with van der Waals surface area (Å²) in [6.07, 6.45) is 0. The van der Waals surface area contributed by atoms with Crippen molar-refractivity contribution in [1.82, 2.24) is 0 Å². The average Bonchev–Trinajstić information content (AvgIpc) is 3.17. The summed E-state index contributed by atoms with van der Waals surface area (Å²) in [6, 6.07) is 59.0. The first-order valence-corrected chi connectivity index (χ1v) is 20.1. The quantitative estimate of drug-likeness (QED) is 0.134. The molecule has 230 valence electrons. The second kappa shape index (κ2) is 9.55. The SMILES string of the molecule is S=P(c1ccc2ccc3cccc4ccc1c2c34)(c1ccc2ccc3cccc4ccc1c2c34)c1ccc2ccc3cccc4ccc1c2c34. The highest BCUT2D eigenvalue weighted by Gasteiger charge is 2.32. The highest BCUT2D eigenvalue weighted by molar-refractivity contribution is 8.26. The Kier molecular flexibility index (Phi) is 5.21. The van der Waals surface area contributed by atoms with E-state index in [2.05, 4.69) is 164 Å². The fraction of sp³-hybridized carbons (Fsp3) is 0. The van der Waals surface area contributed by atoms with Gasteiger partial charge in [-0.2, -0.15) is 0 Å². The molecule has 0 aromatic heterocycles. The van der Waals surface area contributed by atoms with Gasteiger partial charge in [-0.15, -0.1) is 0 Å². The number of benzene rings is 12. The molecule has 0 heterocycles. The molecule has 0 bridgehead atoms. The molecule has 0 amide bonds. The maximum absolute atomic E-state index is 7.49. The smallest absolute Gasteiger partial charge is 0.0397 e. The van der Waals surface area contributed by atoms with Crippen LogP contribution in [0.15, 0.2) is 164 Å². The Morgan fingerprint density at radius 3 is 0.740 bits per heavy atom.